The van der Waals surface area contributed by atoms with Crippen LogP contribution in [0.3, 0.4) is 0 Å². The molecule has 0 bridgehead atoms. The summed E-state index contributed by atoms with van der Waals surface area (Å²) < 4.78 is 24.2. The molecule has 0 amide bonds. The highest BCUT2D eigenvalue weighted by atomic mass is 32.2. The number of sulfonamides is 1. The lowest BCUT2D eigenvalue weighted by Crippen LogP contribution is -2.31. The van der Waals surface area contributed by atoms with Gasteiger partial charge < -0.3 is 11.1 Å². The molecule has 0 aliphatic rings. The molecule has 0 aliphatic carbocycles. The Morgan fingerprint density at radius 2 is 2.22 bits per heavy atom. The lowest BCUT2D eigenvalue weighted by molar-refractivity contribution is 0.429. The first kappa shape index (κ1) is 14.7. The largest absolute Gasteiger partial charge is 0.385 e. The van der Waals surface area contributed by atoms with Gasteiger partial charge in [0.1, 0.15) is 5.82 Å². The fourth-order valence-corrected chi connectivity index (χ4v) is 2.53. The van der Waals surface area contributed by atoms with E-state index in [0.717, 1.165) is 12.1 Å². The molecule has 0 aliphatic heterocycles. The molecule has 0 atom stereocenters. The molecule has 0 saturated heterocycles. The number of hydrogen-bond acceptors (Lipinski definition) is 5. The van der Waals surface area contributed by atoms with E-state index in [4.69, 9.17) is 5.73 Å². The van der Waals surface area contributed by atoms with Gasteiger partial charge in [-0.15, -0.1) is 0 Å². The topological polar surface area (TPSA) is 88.3 Å². The molecule has 0 fully saturated rings. The SMILES string of the molecule is CCN(CCCNc1ccnc(N)c1)S(C)(=O)=O. The molecular formula is C11H20N4O2S. The molecule has 0 spiro atoms. The Morgan fingerprint density at radius 3 is 2.78 bits per heavy atom. The van der Waals surface area contributed by atoms with Crippen LogP contribution in [0.25, 0.3) is 0 Å². The number of nitrogens with one attached hydrogen (secondary N) is 1. The quantitative estimate of drug-likeness (QED) is 0.715. The van der Waals surface area contributed by atoms with Crippen LogP contribution in [0.15, 0.2) is 18.3 Å². The summed E-state index contributed by atoms with van der Waals surface area (Å²) in [6.07, 6.45) is 3.60. The highest BCUT2D eigenvalue weighted by Crippen LogP contribution is 2.08. The summed E-state index contributed by atoms with van der Waals surface area (Å²) in [5.74, 6) is 0.464. The second-order valence-electron chi connectivity index (χ2n) is 4.00. The van der Waals surface area contributed by atoms with Crippen LogP contribution >= 0.6 is 0 Å². The molecule has 18 heavy (non-hydrogen) atoms. The van der Waals surface area contributed by atoms with E-state index in [1.165, 1.54) is 10.6 Å². The fourth-order valence-electron chi connectivity index (χ4n) is 1.60. The van der Waals surface area contributed by atoms with Crippen LogP contribution in [0.2, 0.25) is 0 Å². The first-order valence-corrected chi connectivity index (χ1v) is 7.69. The van der Waals surface area contributed by atoms with Crippen molar-refractivity contribution in [3.8, 4) is 0 Å². The molecule has 1 rings (SSSR count). The van der Waals surface area contributed by atoms with Gasteiger partial charge in [-0.1, -0.05) is 6.92 Å². The zero-order chi connectivity index (χ0) is 13.6. The molecule has 6 nitrogen and oxygen atoms in total. The molecule has 0 radical (unpaired) electrons. The average molecular weight is 272 g/mol. The molecular weight excluding hydrogens is 252 g/mol. The molecule has 0 unspecified atom stereocenters. The van der Waals surface area contributed by atoms with Crippen molar-refractivity contribution in [2.24, 2.45) is 0 Å². The van der Waals surface area contributed by atoms with Crippen molar-refractivity contribution in [1.29, 1.82) is 0 Å². The van der Waals surface area contributed by atoms with E-state index < -0.39 is 10.0 Å². The number of aromatic nitrogens is 1. The third kappa shape index (κ3) is 4.89. The summed E-state index contributed by atoms with van der Waals surface area (Å²) in [7, 11) is -3.09. The maximum atomic E-state index is 11.4. The minimum atomic E-state index is -3.09. The summed E-state index contributed by atoms with van der Waals surface area (Å²) in [4.78, 5) is 3.89. The first-order valence-electron chi connectivity index (χ1n) is 5.84. The second-order valence-corrected chi connectivity index (χ2v) is 5.99. The summed E-state index contributed by atoms with van der Waals surface area (Å²) in [6.45, 7) is 3.54. The Hall–Kier alpha value is -1.34. The minimum absolute atomic E-state index is 0.464. The summed E-state index contributed by atoms with van der Waals surface area (Å²) in [6, 6.07) is 3.57. The van der Waals surface area contributed by atoms with E-state index in [1.807, 2.05) is 13.0 Å². The maximum Gasteiger partial charge on any atom is 0.211 e. The van der Waals surface area contributed by atoms with Crippen molar-refractivity contribution in [2.45, 2.75) is 13.3 Å². The standard InChI is InChI=1S/C11H20N4O2S/c1-3-15(18(2,16)17)8-4-6-13-10-5-7-14-11(12)9-10/h5,7,9H,3-4,6,8H2,1-2H3,(H3,12,13,14). The van der Waals surface area contributed by atoms with E-state index in [2.05, 4.69) is 10.3 Å². The van der Waals surface area contributed by atoms with E-state index in [9.17, 15) is 8.42 Å². The van der Waals surface area contributed by atoms with Crippen LogP contribution in [-0.4, -0.2) is 43.6 Å². The zero-order valence-corrected chi connectivity index (χ0v) is 11.6. The van der Waals surface area contributed by atoms with Crippen molar-refractivity contribution in [3.63, 3.8) is 0 Å². The van der Waals surface area contributed by atoms with Gasteiger partial charge in [0.25, 0.3) is 0 Å². The molecule has 102 valence electrons. The van der Waals surface area contributed by atoms with Crippen molar-refractivity contribution in [3.05, 3.63) is 18.3 Å². The molecule has 1 aromatic heterocycles. The number of hydrogen-bond donors (Lipinski definition) is 2. The van der Waals surface area contributed by atoms with Crippen molar-refractivity contribution in [2.75, 3.05) is 36.9 Å². The summed E-state index contributed by atoms with van der Waals surface area (Å²) in [5, 5.41) is 3.17. The smallest absolute Gasteiger partial charge is 0.211 e. The minimum Gasteiger partial charge on any atom is -0.385 e. The van der Waals surface area contributed by atoms with Gasteiger partial charge in [-0.2, -0.15) is 0 Å². The normalized spacial score (nSPS) is 11.7. The van der Waals surface area contributed by atoms with E-state index in [-0.39, 0.29) is 0 Å². The number of nitrogens with zero attached hydrogens (tertiary/aromatic N) is 2. The summed E-state index contributed by atoms with van der Waals surface area (Å²) >= 11 is 0. The third-order valence-corrected chi connectivity index (χ3v) is 3.90. The van der Waals surface area contributed by atoms with Gasteiger partial charge in [0, 0.05) is 37.6 Å². The number of anilines is 2. The van der Waals surface area contributed by atoms with Crippen LogP contribution in [0.4, 0.5) is 11.5 Å². The van der Waals surface area contributed by atoms with E-state index in [1.54, 1.807) is 12.3 Å². The van der Waals surface area contributed by atoms with Crippen molar-refractivity contribution in [1.82, 2.24) is 9.29 Å². The van der Waals surface area contributed by atoms with Gasteiger partial charge in [-0.05, 0) is 12.5 Å². The van der Waals surface area contributed by atoms with Crippen LogP contribution in [0, 0.1) is 0 Å². The molecule has 1 heterocycles. The van der Waals surface area contributed by atoms with Gasteiger partial charge in [0.15, 0.2) is 0 Å². The molecule has 1 aromatic rings. The van der Waals surface area contributed by atoms with Crippen LogP contribution in [0.1, 0.15) is 13.3 Å². The van der Waals surface area contributed by atoms with Gasteiger partial charge in [-0.25, -0.2) is 17.7 Å². The van der Waals surface area contributed by atoms with Gasteiger partial charge in [0.05, 0.1) is 6.26 Å². The van der Waals surface area contributed by atoms with Crippen LogP contribution in [-0.2, 0) is 10.0 Å². The Bertz CT molecular complexity index is 476. The van der Waals surface area contributed by atoms with Crippen molar-refractivity contribution < 1.29 is 8.42 Å². The highest BCUT2D eigenvalue weighted by molar-refractivity contribution is 7.88. The molecule has 3 N–H and O–H groups in total. The Morgan fingerprint density at radius 1 is 1.50 bits per heavy atom. The lowest BCUT2D eigenvalue weighted by Gasteiger charge is -2.17. The third-order valence-electron chi connectivity index (χ3n) is 2.52. The van der Waals surface area contributed by atoms with Crippen LogP contribution < -0.4 is 11.1 Å². The predicted molar refractivity (Wildman–Crippen MR) is 73.8 cm³/mol. The number of nitrogens with two attached hydrogens (primary N) is 1. The number of pyridine rings is 1. The van der Waals surface area contributed by atoms with Gasteiger partial charge in [-0.3, -0.25) is 0 Å². The van der Waals surface area contributed by atoms with E-state index >= 15 is 0 Å². The lowest BCUT2D eigenvalue weighted by atomic mass is 10.3. The van der Waals surface area contributed by atoms with E-state index in [0.29, 0.717) is 25.5 Å². The second kappa shape index (κ2) is 6.55. The molecule has 0 saturated carbocycles. The Kier molecular flexibility index (Phi) is 5.36. The van der Waals surface area contributed by atoms with Crippen molar-refractivity contribution >= 4 is 21.5 Å². The monoisotopic (exact) mass is 272 g/mol. The zero-order valence-electron chi connectivity index (χ0n) is 10.8. The van der Waals surface area contributed by atoms with Crippen LogP contribution in [0.5, 0.6) is 0 Å². The summed E-state index contributed by atoms with van der Waals surface area (Å²) in [5.41, 5.74) is 6.44. The Balaban J connectivity index is 2.35. The number of nitrogen functional groups attached to an aromatic ring is 1. The molecule has 7 heteroatoms. The number of rotatable bonds is 7. The highest BCUT2D eigenvalue weighted by Gasteiger charge is 2.12. The average Bonchev–Trinajstić information content (AvgIpc) is 2.27. The first-order chi connectivity index (χ1) is 8.43. The molecule has 0 aromatic carbocycles. The predicted octanol–water partition coefficient (Wildman–Crippen LogP) is 0.747. The van der Waals surface area contributed by atoms with Gasteiger partial charge in [0.2, 0.25) is 10.0 Å². The maximum absolute atomic E-state index is 11.4. The van der Waals surface area contributed by atoms with Gasteiger partial charge >= 0.3 is 0 Å². The Labute approximate surface area is 108 Å². The fraction of sp³-hybridized carbons (Fsp3) is 0.545.